The number of hydrogen-bond donors (Lipinski definition) is 1. The molecule has 0 bridgehead atoms. The Morgan fingerprint density at radius 1 is 1.10 bits per heavy atom. The first kappa shape index (κ1) is 15.0. The van der Waals surface area contributed by atoms with Crippen molar-refractivity contribution in [3.8, 4) is 0 Å². The van der Waals surface area contributed by atoms with Crippen molar-refractivity contribution in [2.75, 3.05) is 7.05 Å². The number of benzene rings is 2. The summed E-state index contributed by atoms with van der Waals surface area (Å²) in [6, 6.07) is 18.5. The number of likely N-dealkylation sites (N-methyl/N-ethyl adjacent to an activating group) is 1. The third-order valence-corrected chi connectivity index (χ3v) is 3.67. The van der Waals surface area contributed by atoms with Crippen LogP contribution in [-0.4, -0.2) is 18.0 Å². The minimum atomic E-state index is 0.0298. The summed E-state index contributed by atoms with van der Waals surface area (Å²) in [5.41, 5.74) is 8.63. The van der Waals surface area contributed by atoms with Gasteiger partial charge in [0.05, 0.1) is 0 Å². The van der Waals surface area contributed by atoms with Gasteiger partial charge in [-0.25, -0.2) is 0 Å². The summed E-state index contributed by atoms with van der Waals surface area (Å²) in [6.07, 6.45) is 0. The molecule has 0 aliphatic rings. The fourth-order valence-electron chi connectivity index (χ4n) is 2.62. The van der Waals surface area contributed by atoms with Gasteiger partial charge < -0.3 is 5.73 Å². The van der Waals surface area contributed by atoms with E-state index in [2.05, 4.69) is 42.3 Å². The average molecular weight is 289 g/mol. The Hall–Kier alpha value is -1.35. The summed E-state index contributed by atoms with van der Waals surface area (Å²) >= 11 is 6.10. The third-order valence-electron chi connectivity index (χ3n) is 3.44. The van der Waals surface area contributed by atoms with Crippen molar-refractivity contribution in [2.45, 2.75) is 25.6 Å². The molecule has 2 rings (SSSR count). The predicted molar refractivity (Wildman–Crippen MR) is 85.8 cm³/mol. The van der Waals surface area contributed by atoms with Crippen molar-refractivity contribution in [1.82, 2.24) is 4.90 Å². The second-order valence-electron chi connectivity index (χ2n) is 5.26. The summed E-state index contributed by atoms with van der Waals surface area (Å²) in [6.45, 7) is 2.90. The standard InChI is InChI=1S/C17H21ClN2/c1-13(19)17(15-9-6-10-16(18)11-15)20(2)12-14-7-4-3-5-8-14/h3-11,13,17H,12,19H2,1-2H3. The second-order valence-corrected chi connectivity index (χ2v) is 5.70. The average Bonchev–Trinajstić information content (AvgIpc) is 2.39. The molecule has 2 aromatic rings. The van der Waals surface area contributed by atoms with Crippen LogP contribution >= 0.6 is 11.6 Å². The summed E-state index contributed by atoms with van der Waals surface area (Å²) in [7, 11) is 2.10. The van der Waals surface area contributed by atoms with Crippen LogP contribution in [0, 0.1) is 0 Å². The van der Waals surface area contributed by atoms with E-state index < -0.39 is 0 Å². The van der Waals surface area contributed by atoms with Gasteiger partial charge in [-0.1, -0.05) is 54.1 Å². The van der Waals surface area contributed by atoms with Crippen molar-refractivity contribution < 1.29 is 0 Å². The molecule has 2 aromatic carbocycles. The number of hydrogen-bond acceptors (Lipinski definition) is 2. The van der Waals surface area contributed by atoms with E-state index in [1.807, 2.05) is 31.2 Å². The van der Waals surface area contributed by atoms with E-state index >= 15 is 0 Å². The van der Waals surface area contributed by atoms with Gasteiger partial charge in [-0.3, -0.25) is 4.90 Å². The van der Waals surface area contributed by atoms with E-state index in [0.717, 1.165) is 17.1 Å². The first-order valence-corrected chi connectivity index (χ1v) is 7.21. The minimum absolute atomic E-state index is 0.0298. The molecule has 0 heterocycles. The first-order valence-electron chi connectivity index (χ1n) is 6.83. The van der Waals surface area contributed by atoms with Gasteiger partial charge in [0.15, 0.2) is 0 Å². The lowest BCUT2D eigenvalue weighted by Crippen LogP contribution is -2.36. The van der Waals surface area contributed by atoms with E-state index in [9.17, 15) is 0 Å². The topological polar surface area (TPSA) is 29.3 Å². The molecule has 2 atom stereocenters. The lowest BCUT2D eigenvalue weighted by Gasteiger charge is -2.31. The van der Waals surface area contributed by atoms with Crippen molar-refractivity contribution in [2.24, 2.45) is 5.73 Å². The third kappa shape index (κ3) is 3.83. The van der Waals surface area contributed by atoms with Gasteiger partial charge in [-0.2, -0.15) is 0 Å². The van der Waals surface area contributed by atoms with Crippen molar-refractivity contribution >= 4 is 11.6 Å². The molecule has 0 fully saturated rings. The molecule has 2 nitrogen and oxygen atoms in total. The van der Waals surface area contributed by atoms with Crippen molar-refractivity contribution in [3.63, 3.8) is 0 Å². The zero-order valence-electron chi connectivity index (χ0n) is 12.0. The molecular weight excluding hydrogens is 268 g/mol. The highest BCUT2D eigenvalue weighted by atomic mass is 35.5. The number of nitrogens with zero attached hydrogens (tertiary/aromatic N) is 1. The van der Waals surface area contributed by atoms with Crippen LogP contribution in [-0.2, 0) is 6.54 Å². The summed E-state index contributed by atoms with van der Waals surface area (Å²) in [5, 5.41) is 0.751. The maximum absolute atomic E-state index is 6.19. The zero-order valence-corrected chi connectivity index (χ0v) is 12.7. The summed E-state index contributed by atoms with van der Waals surface area (Å²) < 4.78 is 0. The lowest BCUT2D eigenvalue weighted by atomic mass is 9.99. The van der Waals surface area contributed by atoms with Crippen LogP contribution in [0.25, 0.3) is 0 Å². The van der Waals surface area contributed by atoms with Crippen LogP contribution in [0.2, 0.25) is 5.02 Å². The fraction of sp³-hybridized carbons (Fsp3) is 0.294. The van der Waals surface area contributed by atoms with E-state index in [1.165, 1.54) is 5.56 Å². The van der Waals surface area contributed by atoms with Crippen LogP contribution in [0.5, 0.6) is 0 Å². The molecule has 0 spiro atoms. The number of halogens is 1. The highest BCUT2D eigenvalue weighted by Crippen LogP contribution is 2.26. The molecule has 0 radical (unpaired) electrons. The molecule has 0 aliphatic heterocycles. The maximum Gasteiger partial charge on any atom is 0.0497 e. The Morgan fingerprint density at radius 2 is 1.80 bits per heavy atom. The smallest absolute Gasteiger partial charge is 0.0497 e. The van der Waals surface area contributed by atoms with Gasteiger partial charge in [0.1, 0.15) is 0 Å². The molecule has 2 N–H and O–H groups in total. The molecule has 0 saturated heterocycles. The number of nitrogens with two attached hydrogens (primary N) is 1. The molecule has 0 aliphatic carbocycles. The molecule has 0 aromatic heterocycles. The SMILES string of the molecule is CC(N)C(c1cccc(Cl)c1)N(C)Cc1ccccc1. The van der Waals surface area contributed by atoms with Gasteiger partial charge in [0, 0.05) is 23.7 Å². The first-order chi connectivity index (χ1) is 9.58. The molecule has 3 heteroatoms. The van der Waals surface area contributed by atoms with Crippen molar-refractivity contribution in [3.05, 3.63) is 70.7 Å². The minimum Gasteiger partial charge on any atom is -0.326 e. The Balaban J connectivity index is 2.20. The summed E-state index contributed by atoms with van der Waals surface area (Å²) in [4.78, 5) is 2.27. The predicted octanol–water partition coefficient (Wildman–Crippen LogP) is 3.86. The van der Waals surface area contributed by atoms with E-state index in [0.29, 0.717) is 0 Å². The molecular formula is C17H21ClN2. The largest absolute Gasteiger partial charge is 0.326 e. The molecule has 0 amide bonds. The summed E-state index contributed by atoms with van der Waals surface area (Å²) in [5.74, 6) is 0. The van der Waals surface area contributed by atoms with Gasteiger partial charge >= 0.3 is 0 Å². The van der Waals surface area contributed by atoms with Crippen LogP contribution in [0.1, 0.15) is 24.1 Å². The zero-order chi connectivity index (χ0) is 14.5. The maximum atomic E-state index is 6.19. The Labute approximate surface area is 126 Å². The quantitative estimate of drug-likeness (QED) is 0.905. The Bertz CT molecular complexity index is 540. The van der Waals surface area contributed by atoms with E-state index in [4.69, 9.17) is 17.3 Å². The molecule has 2 unspecified atom stereocenters. The van der Waals surface area contributed by atoms with Gasteiger partial charge in [0.2, 0.25) is 0 Å². The highest BCUT2D eigenvalue weighted by Gasteiger charge is 2.21. The van der Waals surface area contributed by atoms with Gasteiger partial charge in [-0.15, -0.1) is 0 Å². The van der Waals surface area contributed by atoms with Crippen LogP contribution in [0.15, 0.2) is 54.6 Å². The van der Waals surface area contributed by atoms with Crippen molar-refractivity contribution in [1.29, 1.82) is 0 Å². The van der Waals surface area contributed by atoms with Crippen LogP contribution < -0.4 is 5.73 Å². The molecule has 0 saturated carbocycles. The molecule has 20 heavy (non-hydrogen) atoms. The van der Waals surface area contributed by atoms with Crippen LogP contribution in [0.4, 0.5) is 0 Å². The Kier molecular flexibility index (Phi) is 5.18. The Morgan fingerprint density at radius 3 is 2.40 bits per heavy atom. The van der Waals surface area contributed by atoms with Crippen LogP contribution in [0.3, 0.4) is 0 Å². The highest BCUT2D eigenvalue weighted by molar-refractivity contribution is 6.30. The van der Waals surface area contributed by atoms with E-state index in [-0.39, 0.29) is 12.1 Å². The lowest BCUT2D eigenvalue weighted by molar-refractivity contribution is 0.211. The van der Waals surface area contributed by atoms with E-state index in [1.54, 1.807) is 0 Å². The fourth-order valence-corrected chi connectivity index (χ4v) is 2.82. The second kappa shape index (κ2) is 6.89. The van der Waals surface area contributed by atoms with Gasteiger partial charge in [0.25, 0.3) is 0 Å². The molecule has 106 valence electrons. The van der Waals surface area contributed by atoms with Gasteiger partial charge in [-0.05, 0) is 37.2 Å². The number of rotatable bonds is 5. The monoisotopic (exact) mass is 288 g/mol. The normalized spacial score (nSPS) is 14.2.